The first-order valence-electron chi connectivity index (χ1n) is 8.71. The van der Waals surface area contributed by atoms with Crippen LogP contribution < -0.4 is 10.5 Å². The standard InChI is InChI=1S/C17H27N5O2/c1-5-24-11-12-7-6-8-21(10-12)16-19-14-13(15(23)20-16)9-18-22(14)17(2,3)4/h9,12H,5-8,10-11H2,1-4H3,(H,19,20,23). The Morgan fingerprint density at radius 2 is 2.21 bits per heavy atom. The third-order valence-electron chi connectivity index (χ3n) is 4.44. The predicted molar refractivity (Wildman–Crippen MR) is 94.6 cm³/mol. The van der Waals surface area contributed by atoms with Crippen molar-refractivity contribution < 1.29 is 4.74 Å². The van der Waals surface area contributed by atoms with E-state index in [9.17, 15) is 4.79 Å². The van der Waals surface area contributed by atoms with Crippen molar-refractivity contribution in [3.05, 3.63) is 16.6 Å². The van der Waals surface area contributed by atoms with E-state index in [0.717, 1.165) is 39.1 Å². The van der Waals surface area contributed by atoms with Gasteiger partial charge in [-0.2, -0.15) is 10.1 Å². The molecule has 0 saturated carbocycles. The molecule has 7 heteroatoms. The number of piperidine rings is 1. The first-order chi connectivity index (χ1) is 11.4. The summed E-state index contributed by atoms with van der Waals surface area (Å²) in [4.78, 5) is 22.3. The van der Waals surface area contributed by atoms with Crippen molar-refractivity contribution in [2.75, 3.05) is 31.2 Å². The molecule has 7 nitrogen and oxygen atoms in total. The summed E-state index contributed by atoms with van der Waals surface area (Å²) in [7, 11) is 0. The quantitative estimate of drug-likeness (QED) is 0.927. The summed E-state index contributed by atoms with van der Waals surface area (Å²) in [5.41, 5.74) is 0.296. The Morgan fingerprint density at radius 1 is 1.42 bits per heavy atom. The number of hydrogen-bond acceptors (Lipinski definition) is 5. The van der Waals surface area contributed by atoms with Crippen LogP contribution in [-0.4, -0.2) is 46.1 Å². The lowest BCUT2D eigenvalue weighted by Gasteiger charge is -2.33. The summed E-state index contributed by atoms with van der Waals surface area (Å²) < 4.78 is 7.39. The molecule has 3 rings (SSSR count). The minimum atomic E-state index is -0.223. The minimum absolute atomic E-state index is 0.127. The molecule has 0 spiro atoms. The normalized spacial score (nSPS) is 19.2. The van der Waals surface area contributed by atoms with Crippen LogP contribution in [0.1, 0.15) is 40.5 Å². The smallest absolute Gasteiger partial charge is 0.263 e. The van der Waals surface area contributed by atoms with Crippen molar-refractivity contribution in [2.45, 2.75) is 46.1 Å². The molecule has 2 aromatic rings. The molecular formula is C17H27N5O2. The molecular weight excluding hydrogens is 306 g/mol. The zero-order chi connectivity index (χ0) is 17.3. The molecule has 1 fully saturated rings. The molecule has 0 aromatic carbocycles. The van der Waals surface area contributed by atoms with E-state index in [0.29, 0.717) is 22.9 Å². The van der Waals surface area contributed by atoms with Crippen LogP contribution in [0.3, 0.4) is 0 Å². The van der Waals surface area contributed by atoms with E-state index in [2.05, 4.69) is 35.8 Å². The summed E-state index contributed by atoms with van der Waals surface area (Å²) in [5, 5.41) is 4.90. The van der Waals surface area contributed by atoms with E-state index in [-0.39, 0.29) is 11.1 Å². The van der Waals surface area contributed by atoms with Gasteiger partial charge in [0.25, 0.3) is 5.56 Å². The number of hydrogen-bond donors (Lipinski definition) is 1. The van der Waals surface area contributed by atoms with Gasteiger partial charge < -0.3 is 9.64 Å². The number of aromatic amines is 1. The highest BCUT2D eigenvalue weighted by molar-refractivity contribution is 5.74. The van der Waals surface area contributed by atoms with Crippen molar-refractivity contribution in [3.63, 3.8) is 0 Å². The second-order valence-corrected chi connectivity index (χ2v) is 7.47. The highest BCUT2D eigenvalue weighted by Gasteiger charge is 2.24. The Morgan fingerprint density at radius 3 is 2.92 bits per heavy atom. The van der Waals surface area contributed by atoms with Crippen molar-refractivity contribution in [2.24, 2.45) is 5.92 Å². The van der Waals surface area contributed by atoms with E-state index < -0.39 is 0 Å². The van der Waals surface area contributed by atoms with E-state index in [1.54, 1.807) is 6.20 Å². The monoisotopic (exact) mass is 333 g/mol. The van der Waals surface area contributed by atoms with Crippen molar-refractivity contribution in [3.8, 4) is 0 Å². The summed E-state index contributed by atoms with van der Waals surface area (Å²) in [6.45, 7) is 11.4. The average Bonchev–Trinajstić information content (AvgIpc) is 2.98. The van der Waals surface area contributed by atoms with Gasteiger partial charge in [0.2, 0.25) is 5.95 Å². The van der Waals surface area contributed by atoms with Crippen LogP contribution >= 0.6 is 0 Å². The topological polar surface area (TPSA) is 76.0 Å². The largest absolute Gasteiger partial charge is 0.381 e. The van der Waals surface area contributed by atoms with E-state index in [1.165, 1.54) is 0 Å². The van der Waals surface area contributed by atoms with Gasteiger partial charge in [-0.1, -0.05) is 0 Å². The fourth-order valence-electron chi connectivity index (χ4n) is 3.23. The SMILES string of the molecule is CCOCC1CCCN(c2nc3c(cnn3C(C)(C)C)c(=O)[nH]2)C1. The Labute approximate surface area is 142 Å². The summed E-state index contributed by atoms with van der Waals surface area (Å²) in [6, 6.07) is 0. The van der Waals surface area contributed by atoms with E-state index in [4.69, 9.17) is 9.72 Å². The number of rotatable bonds is 4. The van der Waals surface area contributed by atoms with Crippen LogP contribution in [0.5, 0.6) is 0 Å². The van der Waals surface area contributed by atoms with Gasteiger partial charge in [-0.25, -0.2) is 4.68 Å². The van der Waals surface area contributed by atoms with Gasteiger partial charge in [-0.15, -0.1) is 0 Å². The molecule has 0 bridgehead atoms. The molecule has 24 heavy (non-hydrogen) atoms. The van der Waals surface area contributed by atoms with Crippen molar-refractivity contribution >= 4 is 17.0 Å². The number of nitrogens with one attached hydrogen (secondary N) is 1. The Hall–Kier alpha value is -1.89. The highest BCUT2D eigenvalue weighted by atomic mass is 16.5. The lowest BCUT2D eigenvalue weighted by atomic mass is 9.99. The maximum atomic E-state index is 12.4. The number of anilines is 1. The van der Waals surface area contributed by atoms with Crippen LogP contribution in [-0.2, 0) is 10.3 Å². The molecule has 1 atom stereocenters. The molecule has 132 valence electrons. The van der Waals surface area contributed by atoms with Crippen LogP contribution in [0.4, 0.5) is 5.95 Å². The number of aromatic nitrogens is 4. The van der Waals surface area contributed by atoms with Crippen molar-refractivity contribution in [1.29, 1.82) is 0 Å². The number of nitrogens with zero attached hydrogens (tertiary/aromatic N) is 4. The molecule has 3 heterocycles. The Kier molecular flexibility index (Phi) is 4.62. The molecule has 1 saturated heterocycles. The lowest BCUT2D eigenvalue weighted by Crippen LogP contribution is -2.39. The van der Waals surface area contributed by atoms with Gasteiger partial charge >= 0.3 is 0 Å². The summed E-state index contributed by atoms with van der Waals surface area (Å²) in [5.74, 6) is 1.12. The van der Waals surface area contributed by atoms with Crippen LogP contribution in [0.15, 0.2) is 11.0 Å². The van der Waals surface area contributed by atoms with E-state index in [1.807, 2.05) is 11.6 Å². The zero-order valence-electron chi connectivity index (χ0n) is 15.0. The number of ether oxygens (including phenoxy) is 1. The molecule has 2 aromatic heterocycles. The van der Waals surface area contributed by atoms with Crippen LogP contribution in [0.25, 0.3) is 11.0 Å². The Bertz CT molecular complexity index is 758. The second-order valence-electron chi connectivity index (χ2n) is 7.47. The molecule has 1 unspecified atom stereocenters. The van der Waals surface area contributed by atoms with Crippen LogP contribution in [0, 0.1) is 5.92 Å². The first kappa shape index (κ1) is 17.0. The zero-order valence-corrected chi connectivity index (χ0v) is 15.0. The molecule has 1 aliphatic heterocycles. The minimum Gasteiger partial charge on any atom is -0.381 e. The van der Waals surface area contributed by atoms with Gasteiger partial charge in [0, 0.05) is 19.7 Å². The van der Waals surface area contributed by atoms with E-state index >= 15 is 0 Å². The highest BCUT2D eigenvalue weighted by Crippen LogP contribution is 2.23. The van der Waals surface area contributed by atoms with Crippen molar-refractivity contribution in [1.82, 2.24) is 19.7 Å². The molecule has 1 aliphatic rings. The summed E-state index contributed by atoms with van der Waals surface area (Å²) >= 11 is 0. The summed E-state index contributed by atoms with van der Waals surface area (Å²) in [6.07, 6.45) is 3.84. The van der Waals surface area contributed by atoms with Gasteiger partial charge in [-0.05, 0) is 46.5 Å². The molecule has 0 radical (unpaired) electrons. The second kappa shape index (κ2) is 6.55. The fourth-order valence-corrected chi connectivity index (χ4v) is 3.23. The average molecular weight is 333 g/mol. The maximum absolute atomic E-state index is 12.4. The first-order valence-corrected chi connectivity index (χ1v) is 8.71. The van der Waals surface area contributed by atoms with Gasteiger partial charge in [0.1, 0.15) is 5.39 Å². The lowest BCUT2D eigenvalue weighted by molar-refractivity contribution is 0.104. The molecule has 0 amide bonds. The third-order valence-corrected chi connectivity index (χ3v) is 4.44. The number of H-pyrrole nitrogens is 1. The van der Waals surface area contributed by atoms with Gasteiger partial charge in [-0.3, -0.25) is 9.78 Å². The maximum Gasteiger partial charge on any atom is 0.263 e. The molecule has 0 aliphatic carbocycles. The Balaban J connectivity index is 1.93. The predicted octanol–water partition coefficient (Wildman–Crippen LogP) is 2.13. The fraction of sp³-hybridized carbons (Fsp3) is 0.706. The van der Waals surface area contributed by atoms with Gasteiger partial charge in [0.15, 0.2) is 5.65 Å². The van der Waals surface area contributed by atoms with Crippen LogP contribution in [0.2, 0.25) is 0 Å². The number of fused-ring (bicyclic) bond motifs is 1. The molecule has 1 N–H and O–H groups in total. The third kappa shape index (κ3) is 3.31. The van der Waals surface area contributed by atoms with Gasteiger partial charge in [0.05, 0.1) is 18.3 Å².